The fourth-order valence-corrected chi connectivity index (χ4v) is 0.334. The SMILES string of the molecule is I[I-]I.N#CC(C#N)=C([S-])[S-].S=C=S.[C-]#[N+]CC#N.[K+].[K+].[K+].[OH-]. The van der Waals surface area contributed by atoms with Crippen LogP contribution in [0, 0.1) is 40.6 Å². The van der Waals surface area contributed by atoms with Gasteiger partial charge in [-0.15, -0.1) is 0 Å². The van der Waals surface area contributed by atoms with E-state index in [1.54, 1.807) is 18.2 Å². The molecule has 0 aliphatic heterocycles. The maximum Gasteiger partial charge on any atom is 1.00 e. The first kappa shape index (κ1) is 51.2. The van der Waals surface area contributed by atoms with Gasteiger partial charge < -0.3 is 39.8 Å². The summed E-state index contributed by atoms with van der Waals surface area (Å²) in [7, 11) is 0. The second-order valence-electron chi connectivity index (χ2n) is 1.50. The van der Waals surface area contributed by atoms with E-state index in [1.165, 1.54) is 0 Å². The standard InChI is InChI=1S/C4H2N2S2.C3H2N2.CS2.I3.3K.H2O/c5-1-3(2-6)4(7)8;1-5-3-2-4;2-1-3;1-3-2;;;;/h7-8H;3H2;;;;;;1H2/q;;;-1;3*+1;/p-3. The van der Waals surface area contributed by atoms with Crippen molar-refractivity contribution in [3.05, 3.63) is 21.2 Å². The molecule has 0 amide bonds. The molecule has 0 saturated heterocycles. The molecule has 0 saturated carbocycles. The van der Waals surface area contributed by atoms with Gasteiger partial charge in [-0.25, -0.2) is 6.57 Å². The molecule has 0 atom stereocenters. The van der Waals surface area contributed by atoms with Crippen LogP contribution in [0.25, 0.3) is 4.85 Å². The molecule has 23 heavy (non-hydrogen) atoms. The first-order valence-corrected chi connectivity index (χ1v) is 17.6. The average Bonchev–Trinajstić information content (AvgIpc) is 2.34. The summed E-state index contributed by atoms with van der Waals surface area (Å²) in [4.78, 5) is 2.74. The fourth-order valence-electron chi connectivity index (χ4n) is 0.152. The van der Waals surface area contributed by atoms with Crippen molar-refractivity contribution in [2.24, 2.45) is 0 Å². The van der Waals surface area contributed by atoms with Crippen molar-refractivity contribution in [2.75, 3.05) is 6.54 Å². The number of nitriles is 3. The van der Waals surface area contributed by atoms with Gasteiger partial charge >= 0.3 is 205 Å². The van der Waals surface area contributed by atoms with Crippen LogP contribution in [0.15, 0.2) is 9.81 Å². The third-order valence-electron chi connectivity index (χ3n) is 0.577. The van der Waals surface area contributed by atoms with E-state index in [-0.39, 0.29) is 176 Å². The second kappa shape index (κ2) is 56.4. The van der Waals surface area contributed by atoms with Crippen LogP contribution in [0.1, 0.15) is 0 Å². The molecule has 0 aromatic heterocycles. The topological polar surface area (TPSA) is 106 Å². The van der Waals surface area contributed by atoms with Gasteiger partial charge in [0, 0.05) is 4.31 Å². The Labute approximate surface area is 316 Å². The summed E-state index contributed by atoms with van der Waals surface area (Å²) in [5.41, 5.74) is -0.157. The van der Waals surface area contributed by atoms with Crippen LogP contribution in [0.5, 0.6) is 0 Å². The smallest absolute Gasteiger partial charge is 0.870 e. The quantitative estimate of drug-likeness (QED) is 0.0454. The third-order valence-corrected chi connectivity index (χ3v) is 0.986. The van der Waals surface area contributed by atoms with Gasteiger partial charge in [-0.05, 0) is 24.4 Å². The fraction of sp³-hybridized carbons (Fsp3) is 0.125. The zero-order valence-electron chi connectivity index (χ0n) is 12.2. The summed E-state index contributed by atoms with van der Waals surface area (Å²) in [6.45, 7) is 5.99. The van der Waals surface area contributed by atoms with E-state index >= 15 is 0 Å². The van der Waals surface area contributed by atoms with Crippen LogP contribution in [-0.4, -0.2) is 16.3 Å². The van der Waals surface area contributed by atoms with Crippen LogP contribution < -0.4 is 167 Å². The monoisotopic (exact) mass is 797 g/mol. The molecular formula is C8H3I3K3N4OS4-. The molecule has 15 heteroatoms. The Balaban J connectivity index is -0.0000000222. The van der Waals surface area contributed by atoms with Crippen molar-refractivity contribution in [2.45, 2.75) is 0 Å². The minimum absolute atomic E-state index is 0. The number of hydrogen-bond donors (Lipinski definition) is 0. The maximum atomic E-state index is 8.03. The zero-order chi connectivity index (χ0) is 16.1. The molecule has 0 radical (unpaired) electrons. The molecule has 0 aliphatic carbocycles. The van der Waals surface area contributed by atoms with Gasteiger partial charge in [-0.2, -0.15) is 15.8 Å². The summed E-state index contributed by atoms with van der Waals surface area (Å²) in [6.07, 6.45) is 0. The van der Waals surface area contributed by atoms with Gasteiger partial charge in [0.1, 0.15) is 18.2 Å². The van der Waals surface area contributed by atoms with Crippen LogP contribution in [0.3, 0.4) is 0 Å². The molecular weight excluding hydrogens is 794 g/mol. The Kier molecular flexibility index (Phi) is 126. The van der Waals surface area contributed by atoms with Crippen molar-refractivity contribution in [1.29, 1.82) is 15.8 Å². The van der Waals surface area contributed by atoms with E-state index in [0.29, 0.717) is 13.3 Å². The van der Waals surface area contributed by atoms with E-state index in [1.807, 2.05) is 4.31 Å². The minimum atomic E-state index is -0.157. The van der Waals surface area contributed by atoms with Crippen LogP contribution >= 0.6 is 61.7 Å². The van der Waals surface area contributed by atoms with Crippen molar-refractivity contribution in [3.63, 3.8) is 0 Å². The van der Waals surface area contributed by atoms with Crippen LogP contribution in [-0.2, 0) is 25.3 Å². The number of hydrogen-bond acceptors (Lipinski definition) is 8. The number of rotatable bonds is 0. The molecule has 0 rings (SSSR count). The van der Waals surface area contributed by atoms with Crippen molar-refractivity contribution < 1.29 is 173 Å². The largest absolute Gasteiger partial charge is 1.00 e. The zero-order valence-corrected chi connectivity index (χ0v) is 31.3. The number of nitrogens with zero attached hydrogens (tertiary/aromatic N) is 4. The van der Waals surface area contributed by atoms with E-state index in [4.69, 9.17) is 22.4 Å². The van der Waals surface area contributed by atoms with Gasteiger partial charge in [-0.1, -0.05) is 0 Å². The van der Waals surface area contributed by atoms with Crippen molar-refractivity contribution in [3.8, 4) is 18.2 Å². The van der Waals surface area contributed by atoms with E-state index < -0.39 is 0 Å². The summed E-state index contributed by atoms with van der Waals surface area (Å²) < 4.78 is 1.86. The molecule has 0 heterocycles. The minimum Gasteiger partial charge on any atom is -0.870 e. The first-order chi connectivity index (χ1) is 8.96. The molecule has 5 nitrogen and oxygen atoms in total. The predicted octanol–water partition coefficient (Wildman–Crippen LogP) is -8.60. The molecule has 0 fully saturated rings. The molecule has 0 bridgehead atoms. The van der Waals surface area contributed by atoms with Gasteiger partial charge in [0.2, 0.25) is 0 Å². The Morgan fingerprint density at radius 1 is 1.09 bits per heavy atom. The summed E-state index contributed by atoms with van der Waals surface area (Å²) in [6, 6.07) is 4.79. The Morgan fingerprint density at radius 3 is 1.35 bits per heavy atom. The molecule has 0 aromatic rings. The Morgan fingerprint density at radius 2 is 1.35 bits per heavy atom. The maximum absolute atomic E-state index is 8.03. The normalized spacial score (nSPS) is 4.43. The third kappa shape index (κ3) is 74.5. The molecule has 0 aliphatic rings. The summed E-state index contributed by atoms with van der Waals surface area (Å²) in [5.74, 6) is 0. The summed E-state index contributed by atoms with van der Waals surface area (Å²) >= 11 is 21.9. The van der Waals surface area contributed by atoms with Crippen molar-refractivity contribution in [1.82, 2.24) is 0 Å². The van der Waals surface area contributed by atoms with Crippen molar-refractivity contribution >= 4 is 91.2 Å². The van der Waals surface area contributed by atoms with Gasteiger partial charge in [0.05, 0.1) is 5.57 Å². The van der Waals surface area contributed by atoms with Gasteiger partial charge in [0.15, 0.2) is 0 Å². The van der Waals surface area contributed by atoms with Crippen LogP contribution in [0.4, 0.5) is 0 Å². The predicted molar refractivity (Wildman–Crippen MR) is 100 cm³/mol. The number of halogens is 3. The summed E-state index contributed by atoms with van der Waals surface area (Å²) in [5, 5.41) is 23.7. The van der Waals surface area contributed by atoms with Gasteiger partial charge in [0.25, 0.3) is 6.54 Å². The number of thiocarbonyl (C=S) groups is 2. The van der Waals surface area contributed by atoms with Crippen LogP contribution in [0.2, 0.25) is 0 Å². The second-order valence-corrected chi connectivity index (χ2v) is 19.5. The Bertz CT molecular complexity index is 433. The molecule has 110 valence electrons. The van der Waals surface area contributed by atoms with Gasteiger partial charge in [-0.3, -0.25) is 0 Å². The molecule has 0 unspecified atom stereocenters. The van der Waals surface area contributed by atoms with E-state index in [2.05, 4.69) is 91.8 Å². The van der Waals surface area contributed by atoms with E-state index in [0.717, 1.165) is 0 Å². The average molecular weight is 797 g/mol. The first-order valence-electron chi connectivity index (χ1n) is 3.42. The molecule has 1 N–H and O–H groups in total. The molecule has 0 aromatic carbocycles. The number of allylic oxidation sites excluding steroid dienone is 1. The van der Waals surface area contributed by atoms with E-state index in [9.17, 15) is 0 Å². The Hall–Kier alpha value is 5.42. The molecule has 0 spiro atoms.